The van der Waals surface area contributed by atoms with Gasteiger partial charge in [-0.25, -0.2) is 0 Å². The summed E-state index contributed by atoms with van der Waals surface area (Å²) >= 11 is 0. The molecular weight excluding hydrogens is 222 g/mol. The van der Waals surface area contributed by atoms with Crippen molar-refractivity contribution in [1.29, 1.82) is 0 Å². The van der Waals surface area contributed by atoms with Gasteiger partial charge in [0.25, 0.3) is 0 Å². The molecule has 2 aliphatic heterocycles. The number of piperazine rings is 1. The van der Waals surface area contributed by atoms with Crippen LogP contribution in [-0.2, 0) is 14.3 Å². The van der Waals surface area contributed by atoms with Crippen LogP contribution in [0.25, 0.3) is 0 Å². The lowest BCUT2D eigenvalue weighted by Gasteiger charge is -2.30. The van der Waals surface area contributed by atoms with E-state index >= 15 is 0 Å². The summed E-state index contributed by atoms with van der Waals surface area (Å²) in [6, 6.07) is 0. The highest BCUT2D eigenvalue weighted by Gasteiger charge is 2.21. The zero-order valence-corrected chi connectivity index (χ0v) is 9.98. The fraction of sp³-hybridized carbons (Fsp3) is 0.818. The fourth-order valence-corrected chi connectivity index (χ4v) is 2.09. The third-order valence-electron chi connectivity index (χ3n) is 3.15. The number of ether oxygens (including phenoxy) is 1. The largest absolute Gasteiger partial charge is 0.370 e. The standard InChI is InChI=1S/C11H19N3O3/c15-10(14-5-2-12-3-6-14)1-4-13-7-8-17-9-11(13)16/h12H,1-9H2. The van der Waals surface area contributed by atoms with Gasteiger partial charge in [-0.15, -0.1) is 0 Å². The number of morpholine rings is 1. The molecule has 2 amide bonds. The van der Waals surface area contributed by atoms with Gasteiger partial charge >= 0.3 is 0 Å². The smallest absolute Gasteiger partial charge is 0.248 e. The van der Waals surface area contributed by atoms with E-state index < -0.39 is 0 Å². The molecule has 0 aromatic heterocycles. The van der Waals surface area contributed by atoms with Crippen LogP contribution in [-0.4, -0.2) is 74.1 Å². The van der Waals surface area contributed by atoms with E-state index in [4.69, 9.17) is 4.74 Å². The Balaban J connectivity index is 1.73. The number of amides is 2. The predicted molar refractivity (Wildman–Crippen MR) is 61.5 cm³/mol. The molecule has 17 heavy (non-hydrogen) atoms. The van der Waals surface area contributed by atoms with Gasteiger partial charge in [-0.3, -0.25) is 9.59 Å². The Bertz CT molecular complexity index is 290. The lowest BCUT2D eigenvalue weighted by atomic mass is 10.2. The second-order valence-corrected chi connectivity index (χ2v) is 4.31. The van der Waals surface area contributed by atoms with E-state index in [0.29, 0.717) is 26.1 Å². The minimum absolute atomic E-state index is 0.00985. The van der Waals surface area contributed by atoms with E-state index in [2.05, 4.69) is 5.32 Å². The van der Waals surface area contributed by atoms with Crippen LogP contribution in [0.3, 0.4) is 0 Å². The molecule has 0 saturated carbocycles. The lowest BCUT2D eigenvalue weighted by molar-refractivity contribution is -0.143. The maximum absolute atomic E-state index is 11.9. The van der Waals surface area contributed by atoms with Crippen molar-refractivity contribution >= 4 is 11.8 Å². The Morgan fingerprint density at radius 2 is 2.06 bits per heavy atom. The molecule has 2 aliphatic rings. The summed E-state index contributed by atoms with van der Waals surface area (Å²) < 4.78 is 5.04. The number of carbonyl (C=O) groups is 2. The SMILES string of the molecule is O=C(CCN1CCOCC1=O)N1CCNCC1. The van der Waals surface area contributed by atoms with Gasteiger partial charge in [0, 0.05) is 45.7 Å². The normalized spacial score (nSPS) is 21.8. The van der Waals surface area contributed by atoms with Crippen molar-refractivity contribution in [3.05, 3.63) is 0 Å². The van der Waals surface area contributed by atoms with Gasteiger partial charge in [-0.05, 0) is 0 Å². The predicted octanol–water partition coefficient (Wildman–Crippen LogP) is -1.33. The summed E-state index contributed by atoms with van der Waals surface area (Å²) in [7, 11) is 0. The van der Waals surface area contributed by atoms with Crippen LogP contribution >= 0.6 is 0 Å². The van der Waals surface area contributed by atoms with E-state index in [0.717, 1.165) is 26.2 Å². The van der Waals surface area contributed by atoms with Crippen molar-refractivity contribution in [1.82, 2.24) is 15.1 Å². The first-order valence-electron chi connectivity index (χ1n) is 6.11. The zero-order valence-electron chi connectivity index (χ0n) is 9.98. The molecule has 2 saturated heterocycles. The maximum Gasteiger partial charge on any atom is 0.248 e. The molecule has 0 unspecified atom stereocenters. The van der Waals surface area contributed by atoms with Crippen molar-refractivity contribution in [2.45, 2.75) is 6.42 Å². The third kappa shape index (κ3) is 3.41. The first-order valence-corrected chi connectivity index (χ1v) is 6.11. The van der Waals surface area contributed by atoms with Crippen molar-refractivity contribution in [3.8, 4) is 0 Å². The third-order valence-corrected chi connectivity index (χ3v) is 3.15. The van der Waals surface area contributed by atoms with Gasteiger partial charge in [0.1, 0.15) is 6.61 Å². The molecule has 0 bridgehead atoms. The number of nitrogens with zero attached hydrogens (tertiary/aromatic N) is 2. The van der Waals surface area contributed by atoms with Gasteiger partial charge in [0.05, 0.1) is 6.61 Å². The fourth-order valence-electron chi connectivity index (χ4n) is 2.09. The van der Waals surface area contributed by atoms with Crippen molar-refractivity contribution in [2.24, 2.45) is 0 Å². The van der Waals surface area contributed by atoms with Crippen LogP contribution in [0.5, 0.6) is 0 Å². The van der Waals surface area contributed by atoms with Crippen LogP contribution in [0.2, 0.25) is 0 Å². The molecule has 0 atom stereocenters. The van der Waals surface area contributed by atoms with Gasteiger partial charge in [0.2, 0.25) is 11.8 Å². The van der Waals surface area contributed by atoms with E-state index in [-0.39, 0.29) is 18.4 Å². The monoisotopic (exact) mass is 241 g/mol. The molecule has 6 nitrogen and oxygen atoms in total. The topological polar surface area (TPSA) is 61.9 Å². The Morgan fingerprint density at radius 1 is 1.29 bits per heavy atom. The molecule has 6 heteroatoms. The Kier molecular flexibility index (Phi) is 4.33. The van der Waals surface area contributed by atoms with Crippen LogP contribution in [0, 0.1) is 0 Å². The number of hydrogen-bond acceptors (Lipinski definition) is 4. The Morgan fingerprint density at radius 3 is 2.76 bits per heavy atom. The lowest BCUT2D eigenvalue weighted by Crippen LogP contribution is -2.48. The Hall–Kier alpha value is -1.14. The number of hydrogen-bond donors (Lipinski definition) is 1. The summed E-state index contributed by atoms with van der Waals surface area (Å²) in [5.74, 6) is 0.134. The van der Waals surface area contributed by atoms with Crippen LogP contribution in [0.15, 0.2) is 0 Å². The Labute approximate surface area is 101 Å². The molecule has 0 aromatic carbocycles. The maximum atomic E-state index is 11.9. The molecular formula is C11H19N3O3. The number of rotatable bonds is 3. The average molecular weight is 241 g/mol. The summed E-state index contributed by atoms with van der Waals surface area (Å²) in [6.07, 6.45) is 0.422. The second-order valence-electron chi connectivity index (χ2n) is 4.31. The number of nitrogens with one attached hydrogen (secondary N) is 1. The van der Waals surface area contributed by atoms with Crippen molar-refractivity contribution in [2.75, 3.05) is 52.5 Å². The highest BCUT2D eigenvalue weighted by atomic mass is 16.5. The molecule has 0 radical (unpaired) electrons. The number of carbonyl (C=O) groups excluding carboxylic acids is 2. The van der Waals surface area contributed by atoms with Crippen LogP contribution in [0.4, 0.5) is 0 Å². The molecule has 0 aliphatic carbocycles. The quantitative estimate of drug-likeness (QED) is 0.665. The summed E-state index contributed by atoms with van der Waals surface area (Å²) in [5, 5.41) is 3.21. The first-order chi connectivity index (χ1) is 8.27. The van der Waals surface area contributed by atoms with Crippen molar-refractivity contribution in [3.63, 3.8) is 0 Å². The average Bonchev–Trinajstić information content (AvgIpc) is 2.38. The summed E-state index contributed by atoms with van der Waals surface area (Å²) in [6.45, 7) is 5.13. The van der Waals surface area contributed by atoms with E-state index in [9.17, 15) is 9.59 Å². The summed E-state index contributed by atoms with van der Waals surface area (Å²) in [5.41, 5.74) is 0. The van der Waals surface area contributed by atoms with Crippen molar-refractivity contribution < 1.29 is 14.3 Å². The van der Waals surface area contributed by atoms with Crippen LogP contribution < -0.4 is 5.32 Å². The van der Waals surface area contributed by atoms with E-state index in [1.165, 1.54) is 0 Å². The molecule has 1 N–H and O–H groups in total. The highest BCUT2D eigenvalue weighted by molar-refractivity contribution is 5.80. The molecule has 2 fully saturated rings. The van der Waals surface area contributed by atoms with E-state index in [1.54, 1.807) is 4.90 Å². The van der Waals surface area contributed by atoms with Gasteiger partial charge in [-0.1, -0.05) is 0 Å². The molecule has 2 heterocycles. The van der Waals surface area contributed by atoms with Gasteiger partial charge in [0.15, 0.2) is 0 Å². The minimum Gasteiger partial charge on any atom is -0.370 e. The highest BCUT2D eigenvalue weighted by Crippen LogP contribution is 2.03. The minimum atomic E-state index is -0.00985. The molecule has 2 rings (SSSR count). The second kappa shape index (κ2) is 5.97. The summed E-state index contributed by atoms with van der Waals surface area (Å²) in [4.78, 5) is 26.9. The van der Waals surface area contributed by atoms with Crippen LogP contribution in [0.1, 0.15) is 6.42 Å². The zero-order chi connectivity index (χ0) is 12.1. The van der Waals surface area contributed by atoms with E-state index in [1.807, 2.05) is 4.90 Å². The molecule has 0 spiro atoms. The molecule has 0 aromatic rings. The van der Waals surface area contributed by atoms with Gasteiger partial charge in [-0.2, -0.15) is 0 Å². The molecule has 96 valence electrons. The first kappa shape index (κ1) is 12.3. The van der Waals surface area contributed by atoms with Gasteiger partial charge < -0.3 is 19.9 Å².